The summed E-state index contributed by atoms with van der Waals surface area (Å²) in [5, 5.41) is 8.40. The second-order valence-corrected chi connectivity index (χ2v) is 5.25. The van der Waals surface area contributed by atoms with Gasteiger partial charge in [-0.1, -0.05) is 24.6 Å². The number of aromatic nitrogens is 2. The highest BCUT2D eigenvalue weighted by atomic mass is 35.5. The molecule has 0 saturated heterocycles. The molecule has 108 valence electrons. The average Bonchev–Trinajstić information content (AvgIpc) is 2.72. The molecule has 1 aromatic rings. The van der Waals surface area contributed by atoms with E-state index in [1.165, 1.54) is 6.42 Å². The van der Waals surface area contributed by atoms with E-state index in [1.807, 2.05) is 4.68 Å². The van der Waals surface area contributed by atoms with E-state index in [2.05, 4.69) is 48.5 Å². The molecule has 0 aliphatic heterocycles. The van der Waals surface area contributed by atoms with Crippen LogP contribution in [0.3, 0.4) is 0 Å². The zero-order valence-corrected chi connectivity index (χ0v) is 13.0. The van der Waals surface area contributed by atoms with Crippen LogP contribution in [0.1, 0.15) is 25.5 Å². The Morgan fingerprint density at radius 2 is 2.21 bits per heavy atom. The summed E-state index contributed by atoms with van der Waals surface area (Å²) in [5.74, 6) is 0. The van der Waals surface area contributed by atoms with Crippen molar-refractivity contribution in [1.29, 1.82) is 0 Å². The van der Waals surface area contributed by atoms with Gasteiger partial charge in [-0.15, -0.1) is 0 Å². The van der Waals surface area contributed by atoms with Crippen LogP contribution in [0, 0.1) is 0 Å². The van der Waals surface area contributed by atoms with E-state index in [1.54, 1.807) is 6.20 Å². The molecule has 5 heteroatoms. The van der Waals surface area contributed by atoms with Crippen molar-refractivity contribution in [3.8, 4) is 0 Å². The van der Waals surface area contributed by atoms with Crippen molar-refractivity contribution in [1.82, 2.24) is 20.0 Å². The first-order chi connectivity index (χ1) is 9.15. The third kappa shape index (κ3) is 6.23. The fraction of sp³-hybridized carbons (Fsp3) is 0.643. The Morgan fingerprint density at radius 3 is 2.89 bits per heavy atom. The fourth-order valence-electron chi connectivity index (χ4n) is 1.69. The van der Waals surface area contributed by atoms with Crippen LogP contribution in [0.5, 0.6) is 0 Å². The fourth-order valence-corrected chi connectivity index (χ4v) is 1.90. The van der Waals surface area contributed by atoms with E-state index in [0.717, 1.165) is 43.3 Å². The molecule has 0 aliphatic rings. The maximum absolute atomic E-state index is 6.16. The Kier molecular flexibility index (Phi) is 7.79. The third-order valence-electron chi connectivity index (χ3n) is 2.78. The summed E-state index contributed by atoms with van der Waals surface area (Å²) in [6, 6.07) is 0. The number of rotatable bonds is 9. The highest BCUT2D eigenvalue weighted by Crippen LogP contribution is 2.16. The Morgan fingerprint density at radius 1 is 1.42 bits per heavy atom. The smallest absolute Gasteiger partial charge is 0.0859 e. The molecule has 0 aromatic carbocycles. The van der Waals surface area contributed by atoms with Crippen molar-refractivity contribution in [3.63, 3.8) is 0 Å². The molecule has 0 atom stereocenters. The Labute approximate surface area is 121 Å². The van der Waals surface area contributed by atoms with Crippen LogP contribution in [0.2, 0.25) is 5.02 Å². The Hall–Kier alpha value is -0.840. The quantitative estimate of drug-likeness (QED) is 0.708. The van der Waals surface area contributed by atoms with Gasteiger partial charge in [0.25, 0.3) is 0 Å². The molecule has 0 bridgehead atoms. The number of nitrogens with zero attached hydrogens (tertiary/aromatic N) is 3. The summed E-state index contributed by atoms with van der Waals surface area (Å²) in [6.45, 7) is 6.07. The highest BCUT2D eigenvalue weighted by Gasteiger charge is 2.05. The summed E-state index contributed by atoms with van der Waals surface area (Å²) in [5.41, 5.74) is 0.999. The van der Waals surface area contributed by atoms with Crippen molar-refractivity contribution in [2.75, 3.05) is 33.7 Å². The molecule has 0 unspecified atom stereocenters. The largest absolute Gasteiger partial charge is 0.316 e. The lowest BCUT2D eigenvalue weighted by molar-refractivity contribution is 0.372. The molecule has 0 aliphatic carbocycles. The first-order valence-electron chi connectivity index (χ1n) is 6.88. The van der Waals surface area contributed by atoms with E-state index in [4.69, 9.17) is 11.6 Å². The first kappa shape index (κ1) is 16.2. The van der Waals surface area contributed by atoms with Gasteiger partial charge in [0, 0.05) is 6.54 Å². The predicted octanol–water partition coefficient (Wildman–Crippen LogP) is 2.50. The van der Waals surface area contributed by atoms with E-state index in [0.29, 0.717) is 0 Å². The number of nitrogens with one attached hydrogen (secondary N) is 1. The number of likely N-dealkylation sites (N-methyl/N-ethyl adjacent to an activating group) is 1. The highest BCUT2D eigenvalue weighted by molar-refractivity contribution is 6.31. The number of hydrogen-bond acceptors (Lipinski definition) is 3. The molecular formula is C14H25ClN4. The Balaban J connectivity index is 2.47. The molecule has 19 heavy (non-hydrogen) atoms. The number of hydrogen-bond donors (Lipinski definition) is 1. The minimum absolute atomic E-state index is 0.719. The summed E-state index contributed by atoms with van der Waals surface area (Å²) >= 11 is 6.16. The Bertz CT molecular complexity index is 385. The molecule has 0 saturated carbocycles. The van der Waals surface area contributed by atoms with Gasteiger partial charge in [-0.25, -0.2) is 0 Å². The van der Waals surface area contributed by atoms with Gasteiger partial charge in [0.1, 0.15) is 0 Å². The second-order valence-electron chi connectivity index (χ2n) is 4.85. The lowest BCUT2D eigenvalue weighted by atomic mass is 10.3. The molecule has 1 heterocycles. The van der Waals surface area contributed by atoms with Crippen LogP contribution in [0.25, 0.3) is 6.08 Å². The van der Waals surface area contributed by atoms with Crippen LogP contribution in [-0.4, -0.2) is 48.4 Å². The molecular weight excluding hydrogens is 260 g/mol. The van der Waals surface area contributed by atoms with E-state index in [-0.39, 0.29) is 0 Å². The van der Waals surface area contributed by atoms with E-state index >= 15 is 0 Å². The third-order valence-corrected chi connectivity index (χ3v) is 3.07. The number of halogens is 1. The van der Waals surface area contributed by atoms with Crippen molar-refractivity contribution < 1.29 is 0 Å². The molecule has 1 aromatic heterocycles. The molecule has 4 nitrogen and oxygen atoms in total. The summed E-state index contributed by atoms with van der Waals surface area (Å²) in [6.07, 6.45) is 8.12. The van der Waals surface area contributed by atoms with E-state index < -0.39 is 0 Å². The van der Waals surface area contributed by atoms with Gasteiger partial charge in [0.2, 0.25) is 0 Å². The molecule has 0 fully saturated rings. The van der Waals surface area contributed by atoms with Gasteiger partial charge in [-0.3, -0.25) is 4.68 Å². The van der Waals surface area contributed by atoms with Crippen molar-refractivity contribution >= 4 is 17.7 Å². The predicted molar refractivity (Wildman–Crippen MR) is 82.6 cm³/mol. The van der Waals surface area contributed by atoms with Crippen LogP contribution in [0.15, 0.2) is 12.3 Å². The van der Waals surface area contributed by atoms with Crippen molar-refractivity contribution in [3.05, 3.63) is 23.0 Å². The van der Waals surface area contributed by atoms with Gasteiger partial charge >= 0.3 is 0 Å². The van der Waals surface area contributed by atoms with Gasteiger partial charge in [0.15, 0.2) is 0 Å². The van der Waals surface area contributed by atoms with Gasteiger partial charge in [-0.05, 0) is 46.1 Å². The first-order valence-corrected chi connectivity index (χ1v) is 7.26. The maximum Gasteiger partial charge on any atom is 0.0859 e. The van der Waals surface area contributed by atoms with Crippen molar-refractivity contribution in [2.24, 2.45) is 0 Å². The maximum atomic E-state index is 6.16. The van der Waals surface area contributed by atoms with Gasteiger partial charge in [0.05, 0.1) is 23.5 Å². The summed E-state index contributed by atoms with van der Waals surface area (Å²) < 4.78 is 1.96. The van der Waals surface area contributed by atoms with Crippen LogP contribution in [0.4, 0.5) is 0 Å². The normalized spacial score (nSPS) is 11.8. The monoisotopic (exact) mass is 284 g/mol. The second kappa shape index (κ2) is 9.13. The zero-order chi connectivity index (χ0) is 14.1. The van der Waals surface area contributed by atoms with Crippen molar-refractivity contribution in [2.45, 2.75) is 26.3 Å². The lowest BCUT2D eigenvalue weighted by Gasteiger charge is -2.10. The topological polar surface area (TPSA) is 33.1 Å². The van der Waals surface area contributed by atoms with Gasteiger partial charge in [-0.2, -0.15) is 5.10 Å². The molecule has 0 spiro atoms. The minimum atomic E-state index is 0.719. The van der Waals surface area contributed by atoms with Gasteiger partial charge < -0.3 is 10.2 Å². The molecule has 0 amide bonds. The summed E-state index contributed by atoms with van der Waals surface area (Å²) in [4.78, 5) is 2.14. The zero-order valence-electron chi connectivity index (χ0n) is 12.2. The van der Waals surface area contributed by atoms with Crippen LogP contribution < -0.4 is 5.32 Å². The van der Waals surface area contributed by atoms with E-state index in [9.17, 15) is 0 Å². The molecule has 1 rings (SSSR count). The SMILES string of the molecule is CCCNCC/C=C/c1c(Cl)cnn1CCN(C)C. The van der Waals surface area contributed by atoms with Crippen LogP contribution >= 0.6 is 11.6 Å². The standard InChI is InChI=1S/C14H25ClN4/c1-4-8-16-9-6-5-7-14-13(15)12-17-19(14)11-10-18(2)3/h5,7,12,16H,4,6,8-11H2,1-3H3/b7-5+. The minimum Gasteiger partial charge on any atom is -0.316 e. The average molecular weight is 285 g/mol. The molecule has 1 N–H and O–H groups in total. The summed E-state index contributed by atoms with van der Waals surface area (Å²) in [7, 11) is 4.11. The van der Waals surface area contributed by atoms with Crippen LogP contribution in [-0.2, 0) is 6.54 Å². The lowest BCUT2D eigenvalue weighted by Crippen LogP contribution is -2.19. The molecule has 0 radical (unpaired) electrons.